The van der Waals surface area contributed by atoms with Crippen molar-refractivity contribution in [2.75, 3.05) is 7.11 Å². The minimum absolute atomic E-state index is 0.0197. The number of benzene rings is 2. The first-order valence-electron chi connectivity index (χ1n) is 7.15. The number of allylic oxidation sites excluding steroid dienone is 1. The van der Waals surface area contributed by atoms with Crippen LogP contribution in [0.5, 0.6) is 11.5 Å². The number of nitrogens with two attached hydrogens (primary N) is 1. The molecule has 7 nitrogen and oxygen atoms in total. The van der Waals surface area contributed by atoms with Crippen LogP contribution in [-0.4, -0.2) is 12.0 Å². The lowest BCUT2D eigenvalue weighted by molar-refractivity contribution is -0.384. The largest absolute Gasteiger partial charge is 0.497 e. The first-order valence-corrected chi connectivity index (χ1v) is 7.53. The lowest BCUT2D eigenvalue weighted by atomic mass is 9.83. The number of methoxy groups -OCH3 is 1. The van der Waals surface area contributed by atoms with Crippen molar-refractivity contribution >= 4 is 17.3 Å². The minimum Gasteiger partial charge on any atom is -0.497 e. The standard InChI is InChI=1S/C17H12ClN3O4/c1-24-10-3-4-11-15(7-10)25-17(20)12(8-19)16(11)9-2-5-13(18)14(6-9)21(22)23/h2-7,16H,20H2,1H3/t16-/m0/s1. The molecule has 8 heteroatoms. The second-order valence-electron chi connectivity index (χ2n) is 5.30. The number of nitro groups is 1. The molecule has 3 rings (SSSR count). The second-order valence-corrected chi connectivity index (χ2v) is 5.70. The first-order chi connectivity index (χ1) is 12.0. The number of fused-ring (bicyclic) bond motifs is 1. The Balaban J connectivity index is 2.22. The number of nitriles is 1. The number of nitrogens with zero attached hydrogens (tertiary/aromatic N) is 2. The third kappa shape index (κ3) is 2.84. The van der Waals surface area contributed by atoms with Crippen LogP contribution < -0.4 is 15.2 Å². The maximum atomic E-state index is 11.2. The number of hydrogen-bond acceptors (Lipinski definition) is 6. The number of rotatable bonds is 3. The molecule has 0 aromatic heterocycles. The van der Waals surface area contributed by atoms with E-state index in [-0.39, 0.29) is 22.2 Å². The normalized spacial score (nSPS) is 15.8. The summed E-state index contributed by atoms with van der Waals surface area (Å²) >= 11 is 5.88. The maximum absolute atomic E-state index is 11.2. The molecule has 2 N–H and O–H groups in total. The molecule has 0 saturated carbocycles. The average molecular weight is 358 g/mol. The van der Waals surface area contributed by atoms with E-state index in [1.165, 1.54) is 19.2 Å². The zero-order valence-electron chi connectivity index (χ0n) is 13.0. The Labute approximate surface area is 148 Å². The van der Waals surface area contributed by atoms with E-state index < -0.39 is 10.8 Å². The van der Waals surface area contributed by atoms with Gasteiger partial charge in [0.25, 0.3) is 5.69 Å². The molecule has 0 unspecified atom stereocenters. The Bertz CT molecular complexity index is 949. The van der Waals surface area contributed by atoms with Crippen molar-refractivity contribution in [3.8, 4) is 17.6 Å². The van der Waals surface area contributed by atoms with Crippen LogP contribution >= 0.6 is 11.6 Å². The Hall–Kier alpha value is -3.24. The molecule has 126 valence electrons. The molecule has 1 aliphatic heterocycles. The topological polar surface area (TPSA) is 111 Å². The summed E-state index contributed by atoms with van der Waals surface area (Å²) in [5.74, 6) is 0.340. The van der Waals surface area contributed by atoms with Gasteiger partial charge in [-0.05, 0) is 17.7 Å². The highest BCUT2D eigenvalue weighted by Crippen LogP contribution is 2.44. The number of hydrogen-bond donors (Lipinski definition) is 1. The predicted molar refractivity (Wildman–Crippen MR) is 90.4 cm³/mol. The van der Waals surface area contributed by atoms with Crippen LogP contribution in [0.4, 0.5) is 5.69 Å². The molecule has 0 aliphatic carbocycles. The summed E-state index contributed by atoms with van der Waals surface area (Å²) in [4.78, 5) is 10.6. The van der Waals surface area contributed by atoms with Gasteiger partial charge in [0.05, 0.1) is 18.0 Å². The molecule has 1 heterocycles. The highest BCUT2D eigenvalue weighted by Gasteiger charge is 2.32. The highest BCUT2D eigenvalue weighted by atomic mass is 35.5. The summed E-state index contributed by atoms with van der Waals surface area (Å²) in [6.45, 7) is 0. The van der Waals surface area contributed by atoms with Crippen LogP contribution in [0.25, 0.3) is 0 Å². The van der Waals surface area contributed by atoms with Crippen LogP contribution in [0.3, 0.4) is 0 Å². The maximum Gasteiger partial charge on any atom is 0.288 e. The van der Waals surface area contributed by atoms with Gasteiger partial charge < -0.3 is 15.2 Å². The van der Waals surface area contributed by atoms with Gasteiger partial charge in [-0.1, -0.05) is 23.7 Å². The third-order valence-electron chi connectivity index (χ3n) is 3.93. The Kier molecular flexibility index (Phi) is 4.21. The van der Waals surface area contributed by atoms with Crippen molar-refractivity contribution in [1.82, 2.24) is 0 Å². The fraction of sp³-hybridized carbons (Fsp3) is 0.118. The Morgan fingerprint density at radius 3 is 2.76 bits per heavy atom. The molecule has 0 radical (unpaired) electrons. The lowest BCUT2D eigenvalue weighted by Crippen LogP contribution is -2.21. The van der Waals surface area contributed by atoms with Crippen molar-refractivity contribution in [3.05, 3.63) is 74.1 Å². The molecule has 1 atom stereocenters. The quantitative estimate of drug-likeness (QED) is 0.664. The fourth-order valence-corrected chi connectivity index (χ4v) is 2.94. The van der Waals surface area contributed by atoms with Gasteiger partial charge in [-0.15, -0.1) is 0 Å². The summed E-state index contributed by atoms with van der Waals surface area (Å²) in [5, 5.41) is 20.7. The van der Waals surface area contributed by atoms with E-state index in [2.05, 4.69) is 0 Å². The van der Waals surface area contributed by atoms with Gasteiger partial charge in [-0.25, -0.2) is 0 Å². The van der Waals surface area contributed by atoms with Crippen LogP contribution in [0.1, 0.15) is 17.0 Å². The fourth-order valence-electron chi connectivity index (χ4n) is 2.75. The van der Waals surface area contributed by atoms with Gasteiger partial charge in [0, 0.05) is 17.7 Å². The minimum atomic E-state index is -0.601. The second kappa shape index (κ2) is 6.34. The summed E-state index contributed by atoms with van der Waals surface area (Å²) < 4.78 is 10.7. The molecule has 2 aromatic rings. The number of ether oxygens (including phenoxy) is 2. The molecule has 0 bridgehead atoms. The summed E-state index contributed by atoms with van der Waals surface area (Å²) in [6.07, 6.45) is 0. The summed E-state index contributed by atoms with van der Waals surface area (Å²) in [5.41, 5.74) is 7.00. The van der Waals surface area contributed by atoms with Crippen LogP contribution in [0.2, 0.25) is 5.02 Å². The zero-order valence-corrected chi connectivity index (χ0v) is 13.8. The Morgan fingerprint density at radius 1 is 1.36 bits per heavy atom. The molecular weight excluding hydrogens is 346 g/mol. The van der Waals surface area contributed by atoms with E-state index in [1.54, 1.807) is 24.3 Å². The predicted octanol–water partition coefficient (Wildman–Crippen LogP) is 3.47. The van der Waals surface area contributed by atoms with Crippen LogP contribution in [0.15, 0.2) is 47.9 Å². The van der Waals surface area contributed by atoms with Crippen molar-refractivity contribution in [2.24, 2.45) is 5.73 Å². The molecule has 0 spiro atoms. The van der Waals surface area contributed by atoms with Crippen molar-refractivity contribution in [3.63, 3.8) is 0 Å². The van der Waals surface area contributed by atoms with Gasteiger partial charge in [0.2, 0.25) is 5.88 Å². The third-order valence-corrected chi connectivity index (χ3v) is 4.25. The number of nitro benzene ring substituents is 1. The Morgan fingerprint density at radius 2 is 2.12 bits per heavy atom. The van der Waals surface area contributed by atoms with E-state index in [9.17, 15) is 15.4 Å². The molecule has 25 heavy (non-hydrogen) atoms. The van der Waals surface area contributed by atoms with Gasteiger partial charge in [0.15, 0.2) is 0 Å². The monoisotopic (exact) mass is 357 g/mol. The average Bonchev–Trinajstić information content (AvgIpc) is 2.60. The van der Waals surface area contributed by atoms with Gasteiger partial charge >= 0.3 is 0 Å². The summed E-state index contributed by atoms with van der Waals surface area (Å²) in [7, 11) is 1.52. The molecular formula is C17H12ClN3O4. The lowest BCUT2D eigenvalue weighted by Gasteiger charge is -2.26. The van der Waals surface area contributed by atoms with Crippen molar-refractivity contribution in [1.29, 1.82) is 5.26 Å². The van der Waals surface area contributed by atoms with E-state index >= 15 is 0 Å². The van der Waals surface area contributed by atoms with Gasteiger partial charge in [-0.2, -0.15) is 5.26 Å². The first kappa shape index (κ1) is 16.6. The molecule has 1 aliphatic rings. The molecule has 0 fully saturated rings. The van der Waals surface area contributed by atoms with E-state index in [0.717, 1.165) is 0 Å². The SMILES string of the molecule is COc1ccc2c(c1)OC(N)=C(C#N)[C@H]2c1ccc(Cl)c([N+](=O)[O-])c1. The van der Waals surface area contributed by atoms with Crippen LogP contribution in [-0.2, 0) is 0 Å². The van der Waals surface area contributed by atoms with E-state index in [1.807, 2.05) is 6.07 Å². The van der Waals surface area contributed by atoms with E-state index in [0.29, 0.717) is 22.6 Å². The van der Waals surface area contributed by atoms with Crippen LogP contribution in [0, 0.1) is 21.4 Å². The zero-order chi connectivity index (χ0) is 18.1. The highest BCUT2D eigenvalue weighted by molar-refractivity contribution is 6.32. The number of halogens is 1. The van der Waals surface area contributed by atoms with Crippen molar-refractivity contribution in [2.45, 2.75) is 5.92 Å². The molecule has 0 saturated heterocycles. The smallest absolute Gasteiger partial charge is 0.288 e. The van der Waals surface area contributed by atoms with E-state index in [4.69, 9.17) is 26.8 Å². The van der Waals surface area contributed by atoms with Crippen molar-refractivity contribution < 1.29 is 14.4 Å². The summed E-state index contributed by atoms with van der Waals surface area (Å²) in [6, 6.07) is 11.5. The van der Waals surface area contributed by atoms with Gasteiger partial charge in [0.1, 0.15) is 28.2 Å². The van der Waals surface area contributed by atoms with Gasteiger partial charge in [-0.3, -0.25) is 10.1 Å². The molecule has 2 aromatic carbocycles. The molecule has 0 amide bonds.